The van der Waals surface area contributed by atoms with Crippen molar-refractivity contribution in [3.63, 3.8) is 0 Å². The zero-order valence-corrected chi connectivity index (χ0v) is 32.0. The van der Waals surface area contributed by atoms with Crippen molar-refractivity contribution < 1.29 is 0 Å². The second-order valence-corrected chi connectivity index (χ2v) is 26.8. The summed E-state index contributed by atoms with van der Waals surface area (Å²) in [5.41, 5.74) is 9.17. The van der Waals surface area contributed by atoms with Crippen molar-refractivity contribution in [2.75, 3.05) is 10.2 Å². The van der Waals surface area contributed by atoms with Gasteiger partial charge in [-0.2, -0.15) is 0 Å². The van der Waals surface area contributed by atoms with Crippen LogP contribution in [0.25, 0.3) is 0 Å². The van der Waals surface area contributed by atoms with E-state index in [-0.39, 0.29) is 0 Å². The number of nitrogens with one attached hydrogen (secondary N) is 2. The van der Waals surface area contributed by atoms with Gasteiger partial charge in [-0.15, -0.1) is 0 Å². The Bertz CT molecular complexity index is 863. The molecule has 6 aliphatic rings. The van der Waals surface area contributed by atoms with E-state index in [1.54, 1.807) is 11.4 Å². The summed E-state index contributed by atoms with van der Waals surface area (Å²) < 4.78 is 0. The van der Waals surface area contributed by atoms with Gasteiger partial charge in [-0.25, -0.2) is 0 Å². The molecule has 0 radical (unpaired) electrons. The third kappa shape index (κ3) is 7.26. The predicted octanol–water partition coefficient (Wildman–Crippen LogP) is 13.8. The molecule has 6 aliphatic carbocycles. The Morgan fingerprint density at radius 3 is 0.696 bits per heavy atom. The second-order valence-electron chi connectivity index (χ2n) is 17.7. The average Bonchev–Trinajstić information content (AvgIpc) is 3.15. The van der Waals surface area contributed by atoms with Gasteiger partial charge in [0.25, 0.3) is 0 Å². The third-order valence-electron chi connectivity index (χ3n) is 15.3. The Morgan fingerprint density at radius 1 is 0.304 bits per heavy atom. The molecule has 0 saturated heterocycles. The van der Waals surface area contributed by atoms with E-state index in [0.29, 0.717) is 0 Å². The standard InChI is InChI=1S/C42H74N2P2/c1-7-21-35(22-8-1)45(36-23-9-2-10-24-36,37-25-11-3-12-26-37)43-41-33-19-20-34-42(41)44-46(38-27-13-4-14-28-38,39-29-15-5-16-30-39)40-31-17-6-18-32-40/h19-20,33-40,43-46H,1-18,21-32H2. The van der Waals surface area contributed by atoms with Crippen LogP contribution < -0.4 is 10.2 Å². The van der Waals surface area contributed by atoms with E-state index < -0.39 is 14.8 Å². The van der Waals surface area contributed by atoms with Gasteiger partial charge in [0.2, 0.25) is 0 Å². The minimum atomic E-state index is -1.83. The number of para-hydroxylation sites is 2. The van der Waals surface area contributed by atoms with Crippen LogP contribution in [-0.2, 0) is 0 Å². The van der Waals surface area contributed by atoms with E-state index in [4.69, 9.17) is 10.2 Å². The molecule has 0 unspecified atom stereocenters. The molecular formula is C42H74N2P2. The summed E-state index contributed by atoms with van der Waals surface area (Å²) in [6.07, 6.45) is 45.4. The SMILES string of the molecule is c1ccc(N[PH](C2CCCCC2)(C2CCCCC2)C2CCCCC2)c(N[PH](C2CCCCC2)(C2CCCCC2)C2CCCCC2)c1. The summed E-state index contributed by atoms with van der Waals surface area (Å²) >= 11 is 0. The van der Waals surface area contributed by atoms with Crippen LogP contribution in [0.2, 0.25) is 0 Å². The Hall–Kier alpha value is -0.320. The number of rotatable bonds is 10. The molecular weight excluding hydrogens is 594 g/mol. The molecule has 0 aromatic heterocycles. The van der Waals surface area contributed by atoms with Gasteiger partial charge in [-0.05, 0) is 0 Å². The van der Waals surface area contributed by atoms with Gasteiger partial charge in [0, 0.05) is 0 Å². The predicted molar refractivity (Wildman–Crippen MR) is 212 cm³/mol. The van der Waals surface area contributed by atoms with Gasteiger partial charge in [0.1, 0.15) is 0 Å². The summed E-state index contributed by atoms with van der Waals surface area (Å²) in [4.78, 5) is 0. The van der Waals surface area contributed by atoms with Gasteiger partial charge in [0.15, 0.2) is 0 Å². The summed E-state index contributed by atoms with van der Waals surface area (Å²) in [7, 11) is -3.67. The first-order valence-corrected chi connectivity index (χ1v) is 25.9. The third-order valence-corrected chi connectivity index (χ3v) is 28.3. The monoisotopic (exact) mass is 669 g/mol. The zero-order chi connectivity index (χ0) is 31.1. The maximum absolute atomic E-state index is 4.90. The Balaban J connectivity index is 1.30. The number of hydrogen-bond acceptors (Lipinski definition) is 2. The number of benzene rings is 1. The Morgan fingerprint density at radius 2 is 0.500 bits per heavy atom. The van der Waals surface area contributed by atoms with Crippen LogP contribution in [0.15, 0.2) is 24.3 Å². The van der Waals surface area contributed by atoms with Gasteiger partial charge < -0.3 is 0 Å². The van der Waals surface area contributed by atoms with Crippen LogP contribution in [0.1, 0.15) is 193 Å². The van der Waals surface area contributed by atoms with Crippen LogP contribution in [0.3, 0.4) is 0 Å². The molecule has 1 aromatic carbocycles. The molecule has 46 heavy (non-hydrogen) atoms. The van der Waals surface area contributed by atoms with E-state index in [1.807, 2.05) is 0 Å². The fourth-order valence-corrected chi connectivity index (χ4v) is 28.0. The summed E-state index contributed by atoms with van der Waals surface area (Å²) in [6.45, 7) is 0. The summed E-state index contributed by atoms with van der Waals surface area (Å²) in [5.74, 6) is 0. The molecule has 6 fully saturated rings. The van der Waals surface area contributed by atoms with Crippen molar-refractivity contribution in [2.45, 2.75) is 227 Å². The molecule has 6 saturated carbocycles. The van der Waals surface area contributed by atoms with Crippen LogP contribution >= 0.6 is 14.8 Å². The maximum atomic E-state index is 4.90. The Kier molecular flexibility index (Phi) is 12.3. The first-order chi connectivity index (χ1) is 22.8. The number of anilines is 2. The van der Waals surface area contributed by atoms with E-state index in [9.17, 15) is 0 Å². The molecule has 262 valence electrons. The molecule has 2 N–H and O–H groups in total. The first-order valence-electron chi connectivity index (χ1n) is 21.5. The molecule has 0 spiro atoms. The van der Waals surface area contributed by atoms with E-state index in [2.05, 4.69) is 24.3 Å². The van der Waals surface area contributed by atoms with Crippen molar-refractivity contribution in [3.05, 3.63) is 24.3 Å². The summed E-state index contributed by atoms with van der Waals surface area (Å²) in [6, 6.07) is 10.0. The Labute approximate surface area is 286 Å². The summed E-state index contributed by atoms with van der Waals surface area (Å²) in [5, 5.41) is 9.80. The fourth-order valence-electron chi connectivity index (χ4n) is 13.3. The molecule has 0 bridgehead atoms. The normalized spacial score (nSPS) is 27.3. The van der Waals surface area contributed by atoms with E-state index >= 15 is 0 Å². The van der Waals surface area contributed by atoms with Crippen molar-refractivity contribution >= 4 is 26.2 Å². The molecule has 2 nitrogen and oxygen atoms in total. The van der Waals surface area contributed by atoms with Crippen molar-refractivity contribution in [1.29, 1.82) is 0 Å². The molecule has 4 heteroatoms. The van der Waals surface area contributed by atoms with E-state index in [0.717, 1.165) is 34.0 Å². The van der Waals surface area contributed by atoms with Crippen molar-refractivity contribution in [1.82, 2.24) is 0 Å². The molecule has 0 aliphatic heterocycles. The second kappa shape index (κ2) is 16.6. The minimum absolute atomic E-state index is 0.998. The number of hydrogen-bond donors (Lipinski definition) is 2. The molecule has 0 atom stereocenters. The zero-order valence-electron chi connectivity index (χ0n) is 30.0. The van der Waals surface area contributed by atoms with Gasteiger partial charge in [0.05, 0.1) is 0 Å². The van der Waals surface area contributed by atoms with Crippen LogP contribution in [0.5, 0.6) is 0 Å². The van der Waals surface area contributed by atoms with Crippen molar-refractivity contribution in [3.8, 4) is 0 Å². The van der Waals surface area contributed by atoms with E-state index in [1.165, 1.54) is 193 Å². The van der Waals surface area contributed by atoms with Gasteiger partial charge in [-0.1, -0.05) is 0 Å². The fraction of sp³-hybridized carbons (Fsp3) is 0.857. The van der Waals surface area contributed by atoms with Crippen LogP contribution in [0.4, 0.5) is 11.4 Å². The molecule has 0 amide bonds. The molecule has 1 aromatic rings. The van der Waals surface area contributed by atoms with Gasteiger partial charge in [-0.3, -0.25) is 0 Å². The van der Waals surface area contributed by atoms with Crippen LogP contribution in [0, 0.1) is 0 Å². The van der Waals surface area contributed by atoms with Crippen LogP contribution in [-0.4, -0.2) is 34.0 Å². The topological polar surface area (TPSA) is 24.1 Å². The average molecular weight is 669 g/mol. The first kappa shape index (κ1) is 34.1. The molecule has 7 rings (SSSR count). The molecule has 0 heterocycles. The van der Waals surface area contributed by atoms with Crippen molar-refractivity contribution in [2.24, 2.45) is 0 Å². The van der Waals surface area contributed by atoms with Gasteiger partial charge >= 0.3 is 287 Å². The quantitative estimate of drug-likeness (QED) is 0.243.